The van der Waals surface area contributed by atoms with Gasteiger partial charge in [-0.05, 0) is 6.92 Å². The number of piperazine rings is 1. The molecule has 0 radical (unpaired) electrons. The molecule has 1 saturated heterocycles. The fourth-order valence-electron chi connectivity index (χ4n) is 2.37. The van der Waals surface area contributed by atoms with Crippen molar-refractivity contribution in [3.63, 3.8) is 0 Å². The van der Waals surface area contributed by atoms with Gasteiger partial charge in [-0.2, -0.15) is 5.10 Å². The van der Waals surface area contributed by atoms with E-state index in [1.165, 1.54) is 5.56 Å². The van der Waals surface area contributed by atoms with Crippen LogP contribution in [0.5, 0.6) is 0 Å². The first kappa shape index (κ1) is 14.3. The summed E-state index contributed by atoms with van der Waals surface area (Å²) in [6.07, 6.45) is 0. The van der Waals surface area contributed by atoms with Crippen LogP contribution in [0.2, 0.25) is 5.15 Å². The van der Waals surface area contributed by atoms with E-state index >= 15 is 0 Å². The van der Waals surface area contributed by atoms with Crippen molar-refractivity contribution >= 4 is 27.5 Å². The van der Waals surface area contributed by atoms with Gasteiger partial charge in [-0.1, -0.05) is 27.5 Å². The molecule has 2 rings (SSSR count). The Bertz CT molecular complexity index is 399. The molecule has 2 heterocycles. The summed E-state index contributed by atoms with van der Waals surface area (Å²) < 4.78 is 1.76. The molecule has 4 nitrogen and oxygen atoms in total. The van der Waals surface area contributed by atoms with Gasteiger partial charge in [0.1, 0.15) is 5.15 Å². The molecule has 1 aliphatic rings. The Balaban J connectivity index is 1.91. The van der Waals surface area contributed by atoms with Crippen LogP contribution in [-0.2, 0) is 13.6 Å². The van der Waals surface area contributed by atoms with Crippen molar-refractivity contribution < 1.29 is 0 Å². The second-order valence-corrected chi connectivity index (χ2v) is 5.94. The second kappa shape index (κ2) is 6.37. The van der Waals surface area contributed by atoms with Crippen molar-refractivity contribution in [2.45, 2.75) is 13.5 Å². The van der Waals surface area contributed by atoms with Crippen molar-refractivity contribution in [1.82, 2.24) is 19.6 Å². The quantitative estimate of drug-likeness (QED) is 0.786. The Morgan fingerprint density at radius 3 is 2.33 bits per heavy atom. The zero-order chi connectivity index (χ0) is 13.1. The minimum atomic E-state index is 0.774. The van der Waals surface area contributed by atoms with Gasteiger partial charge in [0.2, 0.25) is 0 Å². The fourth-order valence-corrected chi connectivity index (χ4v) is 3.10. The summed E-state index contributed by atoms with van der Waals surface area (Å²) in [6.45, 7) is 8.59. The van der Waals surface area contributed by atoms with Gasteiger partial charge in [0, 0.05) is 57.2 Å². The molecule has 0 spiro atoms. The topological polar surface area (TPSA) is 24.3 Å². The van der Waals surface area contributed by atoms with Crippen LogP contribution >= 0.6 is 27.5 Å². The van der Waals surface area contributed by atoms with E-state index in [-0.39, 0.29) is 0 Å². The van der Waals surface area contributed by atoms with Crippen LogP contribution in [0.4, 0.5) is 0 Å². The van der Waals surface area contributed by atoms with Crippen LogP contribution in [0, 0.1) is 6.92 Å². The number of nitrogens with zero attached hydrogens (tertiary/aromatic N) is 4. The number of halogens is 2. The molecule has 1 aromatic rings. The van der Waals surface area contributed by atoms with E-state index in [4.69, 9.17) is 11.6 Å². The molecule has 1 aromatic heterocycles. The van der Waals surface area contributed by atoms with Crippen molar-refractivity contribution in [3.05, 3.63) is 16.4 Å². The third-order valence-corrected chi connectivity index (χ3v) is 4.34. The molecule has 0 amide bonds. The maximum Gasteiger partial charge on any atom is 0.131 e. The third kappa shape index (κ3) is 3.26. The van der Waals surface area contributed by atoms with Crippen LogP contribution in [-0.4, -0.2) is 57.6 Å². The molecule has 6 heteroatoms. The Kier molecular flexibility index (Phi) is 5.06. The average molecular weight is 336 g/mol. The monoisotopic (exact) mass is 334 g/mol. The molecule has 102 valence electrons. The van der Waals surface area contributed by atoms with Crippen molar-refractivity contribution in [3.8, 4) is 0 Å². The predicted molar refractivity (Wildman–Crippen MR) is 78.5 cm³/mol. The van der Waals surface area contributed by atoms with Crippen molar-refractivity contribution in [2.75, 3.05) is 38.1 Å². The van der Waals surface area contributed by atoms with Gasteiger partial charge in [-0.3, -0.25) is 14.5 Å². The summed E-state index contributed by atoms with van der Waals surface area (Å²) in [4.78, 5) is 4.95. The van der Waals surface area contributed by atoms with Gasteiger partial charge in [-0.15, -0.1) is 0 Å². The van der Waals surface area contributed by atoms with Gasteiger partial charge >= 0.3 is 0 Å². The molecule has 1 aliphatic heterocycles. The van der Waals surface area contributed by atoms with E-state index in [0.29, 0.717) is 0 Å². The summed E-state index contributed by atoms with van der Waals surface area (Å²) >= 11 is 9.76. The Hall–Kier alpha value is -0.100. The summed E-state index contributed by atoms with van der Waals surface area (Å²) in [5.74, 6) is 0. The van der Waals surface area contributed by atoms with E-state index in [1.54, 1.807) is 4.68 Å². The molecule has 0 aliphatic carbocycles. The maximum atomic E-state index is 6.27. The van der Waals surface area contributed by atoms with Crippen LogP contribution in [0.15, 0.2) is 0 Å². The first-order chi connectivity index (χ1) is 8.61. The predicted octanol–water partition coefficient (Wildman–Crippen LogP) is 1.89. The van der Waals surface area contributed by atoms with E-state index in [0.717, 1.165) is 55.4 Å². The highest BCUT2D eigenvalue weighted by Crippen LogP contribution is 2.21. The van der Waals surface area contributed by atoms with Gasteiger partial charge in [-0.25, -0.2) is 0 Å². The molecular weight excluding hydrogens is 316 g/mol. The lowest BCUT2D eigenvalue weighted by Gasteiger charge is -2.34. The van der Waals surface area contributed by atoms with E-state index in [2.05, 4.69) is 30.8 Å². The molecule has 0 bridgehead atoms. The van der Waals surface area contributed by atoms with Crippen LogP contribution < -0.4 is 0 Å². The minimum Gasteiger partial charge on any atom is -0.300 e. The zero-order valence-electron chi connectivity index (χ0n) is 11.0. The van der Waals surface area contributed by atoms with E-state index in [9.17, 15) is 0 Å². The maximum absolute atomic E-state index is 6.27. The van der Waals surface area contributed by atoms with Gasteiger partial charge in [0.25, 0.3) is 0 Å². The summed E-state index contributed by atoms with van der Waals surface area (Å²) in [5, 5.41) is 6.19. The highest BCUT2D eigenvalue weighted by atomic mass is 79.9. The smallest absolute Gasteiger partial charge is 0.131 e. The standard InChI is InChI=1S/C12H20BrClN4/c1-10-11(12(14)16(2)15-10)9-18-7-5-17(4-3-13)6-8-18/h3-9H2,1-2H3. The number of aryl methyl sites for hydroxylation is 2. The largest absolute Gasteiger partial charge is 0.300 e. The third-order valence-electron chi connectivity index (χ3n) is 3.52. The summed E-state index contributed by atoms with van der Waals surface area (Å²) in [5.41, 5.74) is 2.22. The highest BCUT2D eigenvalue weighted by molar-refractivity contribution is 9.09. The number of hydrogen-bond acceptors (Lipinski definition) is 3. The fraction of sp³-hybridized carbons (Fsp3) is 0.750. The first-order valence-electron chi connectivity index (χ1n) is 6.30. The van der Waals surface area contributed by atoms with E-state index in [1.807, 2.05) is 14.0 Å². The number of hydrogen-bond donors (Lipinski definition) is 0. The van der Waals surface area contributed by atoms with E-state index < -0.39 is 0 Å². The van der Waals surface area contributed by atoms with Gasteiger partial charge in [0.15, 0.2) is 0 Å². The molecule has 0 saturated carbocycles. The lowest BCUT2D eigenvalue weighted by atomic mass is 10.2. The Labute approximate surface area is 122 Å². The van der Waals surface area contributed by atoms with Crippen molar-refractivity contribution in [1.29, 1.82) is 0 Å². The Morgan fingerprint density at radius 1 is 1.22 bits per heavy atom. The summed E-state index contributed by atoms with van der Waals surface area (Å²) in [7, 11) is 1.90. The molecule has 0 aromatic carbocycles. The molecule has 0 atom stereocenters. The Morgan fingerprint density at radius 2 is 1.83 bits per heavy atom. The van der Waals surface area contributed by atoms with Crippen LogP contribution in [0.25, 0.3) is 0 Å². The highest BCUT2D eigenvalue weighted by Gasteiger charge is 2.19. The van der Waals surface area contributed by atoms with Gasteiger partial charge < -0.3 is 0 Å². The molecule has 0 N–H and O–H groups in total. The molecule has 0 unspecified atom stereocenters. The van der Waals surface area contributed by atoms with Crippen LogP contribution in [0.3, 0.4) is 0 Å². The van der Waals surface area contributed by atoms with Crippen LogP contribution in [0.1, 0.15) is 11.3 Å². The first-order valence-corrected chi connectivity index (χ1v) is 7.80. The normalized spacial score (nSPS) is 18.4. The molecular formula is C12H20BrClN4. The average Bonchev–Trinajstić information content (AvgIpc) is 2.59. The molecule has 1 fully saturated rings. The SMILES string of the molecule is Cc1nn(C)c(Cl)c1CN1CCN(CCBr)CC1. The van der Waals surface area contributed by atoms with Crippen molar-refractivity contribution in [2.24, 2.45) is 7.05 Å². The number of alkyl halides is 1. The lowest BCUT2D eigenvalue weighted by Crippen LogP contribution is -2.46. The number of rotatable bonds is 4. The molecule has 18 heavy (non-hydrogen) atoms. The zero-order valence-corrected chi connectivity index (χ0v) is 13.3. The minimum absolute atomic E-state index is 0.774. The lowest BCUT2D eigenvalue weighted by molar-refractivity contribution is 0.133. The van der Waals surface area contributed by atoms with Gasteiger partial charge in [0.05, 0.1) is 5.69 Å². The second-order valence-electron chi connectivity index (χ2n) is 4.79. The number of aromatic nitrogens is 2. The summed E-state index contributed by atoms with van der Waals surface area (Å²) in [6, 6.07) is 0.